The Balaban J connectivity index is 2.04. The van der Waals surface area contributed by atoms with Crippen molar-refractivity contribution in [3.8, 4) is 0 Å². The number of ether oxygens (including phenoxy) is 1. The zero-order valence-corrected chi connectivity index (χ0v) is 9.05. The van der Waals surface area contributed by atoms with Crippen molar-refractivity contribution in [1.82, 2.24) is 0 Å². The van der Waals surface area contributed by atoms with E-state index in [2.05, 4.69) is 6.92 Å². The second kappa shape index (κ2) is 6.63. The summed E-state index contributed by atoms with van der Waals surface area (Å²) < 4.78 is 5.21. The molecule has 0 fully saturated rings. The van der Waals surface area contributed by atoms with E-state index in [0.717, 1.165) is 37.9 Å². The summed E-state index contributed by atoms with van der Waals surface area (Å²) in [4.78, 5) is 11.3. The van der Waals surface area contributed by atoms with Gasteiger partial charge in [0.2, 0.25) is 0 Å². The molecule has 80 valence electrons. The summed E-state index contributed by atoms with van der Waals surface area (Å²) in [5.41, 5.74) is 0. The van der Waals surface area contributed by atoms with Crippen LogP contribution in [0.3, 0.4) is 0 Å². The normalized spacial score (nSPS) is 15.4. The summed E-state index contributed by atoms with van der Waals surface area (Å²) in [5, 5.41) is 0. The Morgan fingerprint density at radius 3 is 2.93 bits per heavy atom. The highest BCUT2D eigenvalue weighted by atomic mass is 16.5. The zero-order valence-electron chi connectivity index (χ0n) is 9.05. The van der Waals surface area contributed by atoms with Gasteiger partial charge in [0.25, 0.3) is 0 Å². The molecule has 1 aliphatic carbocycles. The van der Waals surface area contributed by atoms with Crippen molar-refractivity contribution < 1.29 is 9.53 Å². The van der Waals surface area contributed by atoms with E-state index in [9.17, 15) is 4.79 Å². The molecule has 14 heavy (non-hydrogen) atoms. The van der Waals surface area contributed by atoms with Gasteiger partial charge in [-0.3, -0.25) is 4.79 Å². The van der Waals surface area contributed by atoms with Crippen LogP contribution in [0.1, 0.15) is 58.3 Å². The molecule has 2 heteroatoms. The Bertz CT molecular complexity index is 206. The minimum Gasteiger partial charge on any atom is -0.431 e. The van der Waals surface area contributed by atoms with E-state index in [-0.39, 0.29) is 5.97 Å². The van der Waals surface area contributed by atoms with E-state index in [1.807, 2.05) is 6.08 Å². The van der Waals surface area contributed by atoms with Crippen molar-refractivity contribution in [2.75, 3.05) is 0 Å². The van der Waals surface area contributed by atoms with Crippen molar-refractivity contribution >= 4 is 5.97 Å². The molecule has 2 nitrogen and oxygen atoms in total. The maximum absolute atomic E-state index is 11.3. The predicted molar refractivity (Wildman–Crippen MR) is 56.8 cm³/mol. The van der Waals surface area contributed by atoms with Crippen LogP contribution in [0, 0.1) is 0 Å². The lowest BCUT2D eigenvalue weighted by Crippen LogP contribution is -2.02. The average Bonchev–Trinajstić information content (AvgIpc) is 2.65. The average molecular weight is 196 g/mol. The maximum atomic E-state index is 11.3. The van der Waals surface area contributed by atoms with Crippen LogP contribution in [0.25, 0.3) is 0 Å². The quantitative estimate of drug-likeness (QED) is 0.479. The lowest BCUT2D eigenvalue weighted by atomic mass is 10.2. The van der Waals surface area contributed by atoms with Gasteiger partial charge in [-0.05, 0) is 25.3 Å². The van der Waals surface area contributed by atoms with Gasteiger partial charge >= 0.3 is 5.97 Å². The zero-order chi connectivity index (χ0) is 10.2. The third-order valence-electron chi connectivity index (χ3n) is 2.48. The standard InChI is InChI=1S/C12H20O2/c1-2-3-4-5-10-12(13)14-11-8-6-7-9-11/h8H,2-7,9-10H2,1H3. The van der Waals surface area contributed by atoms with E-state index in [1.54, 1.807) is 0 Å². The van der Waals surface area contributed by atoms with E-state index in [4.69, 9.17) is 4.74 Å². The van der Waals surface area contributed by atoms with Gasteiger partial charge < -0.3 is 4.74 Å². The molecule has 0 bridgehead atoms. The molecule has 0 amide bonds. The third-order valence-corrected chi connectivity index (χ3v) is 2.48. The van der Waals surface area contributed by atoms with Crippen molar-refractivity contribution in [2.24, 2.45) is 0 Å². The number of hydrogen-bond acceptors (Lipinski definition) is 2. The molecule has 0 N–H and O–H groups in total. The smallest absolute Gasteiger partial charge is 0.310 e. The molecule has 1 aliphatic rings. The van der Waals surface area contributed by atoms with Gasteiger partial charge in [-0.1, -0.05) is 26.2 Å². The predicted octanol–water partition coefficient (Wildman–Crippen LogP) is 3.57. The molecule has 0 heterocycles. The molecule has 0 atom stereocenters. The topological polar surface area (TPSA) is 26.3 Å². The summed E-state index contributed by atoms with van der Waals surface area (Å²) >= 11 is 0. The van der Waals surface area contributed by atoms with E-state index >= 15 is 0 Å². The number of carbonyl (C=O) groups is 1. The van der Waals surface area contributed by atoms with Gasteiger partial charge in [0, 0.05) is 12.8 Å². The molecule has 0 unspecified atom stereocenters. The number of hydrogen-bond donors (Lipinski definition) is 0. The number of unbranched alkanes of at least 4 members (excludes halogenated alkanes) is 3. The Kier molecular flexibility index (Phi) is 5.35. The molecular formula is C12H20O2. The molecule has 0 aromatic rings. The van der Waals surface area contributed by atoms with Crippen molar-refractivity contribution in [1.29, 1.82) is 0 Å². The number of esters is 1. The fourth-order valence-corrected chi connectivity index (χ4v) is 1.63. The minimum absolute atomic E-state index is 0.0470. The molecule has 0 aromatic heterocycles. The molecule has 0 spiro atoms. The summed E-state index contributed by atoms with van der Waals surface area (Å²) in [5.74, 6) is 0.847. The summed E-state index contributed by atoms with van der Waals surface area (Å²) in [7, 11) is 0. The first-order chi connectivity index (χ1) is 6.83. The van der Waals surface area contributed by atoms with Gasteiger partial charge in [-0.25, -0.2) is 0 Å². The van der Waals surface area contributed by atoms with E-state index in [1.165, 1.54) is 12.8 Å². The summed E-state index contributed by atoms with van der Waals surface area (Å²) in [6, 6.07) is 0. The lowest BCUT2D eigenvalue weighted by Gasteiger charge is -2.04. The number of rotatable bonds is 6. The lowest BCUT2D eigenvalue weighted by molar-refractivity contribution is -0.139. The number of allylic oxidation sites excluding steroid dienone is 2. The minimum atomic E-state index is -0.0470. The molecule has 0 aromatic carbocycles. The van der Waals surface area contributed by atoms with E-state index < -0.39 is 0 Å². The first-order valence-corrected chi connectivity index (χ1v) is 5.72. The van der Waals surface area contributed by atoms with Crippen LogP contribution < -0.4 is 0 Å². The second-order valence-electron chi connectivity index (χ2n) is 3.85. The van der Waals surface area contributed by atoms with Crippen LogP contribution in [0.2, 0.25) is 0 Å². The third kappa shape index (κ3) is 4.45. The Hall–Kier alpha value is -0.790. The van der Waals surface area contributed by atoms with Gasteiger partial charge in [-0.15, -0.1) is 0 Å². The second-order valence-corrected chi connectivity index (χ2v) is 3.85. The van der Waals surface area contributed by atoms with Gasteiger partial charge in [0.15, 0.2) is 0 Å². The fraction of sp³-hybridized carbons (Fsp3) is 0.750. The van der Waals surface area contributed by atoms with Crippen molar-refractivity contribution in [3.05, 3.63) is 11.8 Å². The highest BCUT2D eigenvalue weighted by molar-refractivity contribution is 5.70. The van der Waals surface area contributed by atoms with E-state index in [0.29, 0.717) is 6.42 Å². The SMILES string of the molecule is CCCCCCC(=O)OC1=CCCC1. The van der Waals surface area contributed by atoms with Crippen LogP contribution in [-0.4, -0.2) is 5.97 Å². The monoisotopic (exact) mass is 196 g/mol. The molecule has 0 aliphatic heterocycles. The highest BCUT2D eigenvalue weighted by Gasteiger charge is 2.10. The van der Waals surface area contributed by atoms with Crippen LogP contribution in [0.15, 0.2) is 11.8 Å². The Morgan fingerprint density at radius 1 is 1.43 bits per heavy atom. The molecule has 0 radical (unpaired) electrons. The summed E-state index contributed by atoms with van der Waals surface area (Å²) in [6.45, 7) is 2.17. The molecule has 0 saturated heterocycles. The molecule has 0 saturated carbocycles. The fourth-order valence-electron chi connectivity index (χ4n) is 1.63. The molecule has 1 rings (SSSR count). The van der Waals surface area contributed by atoms with Crippen LogP contribution in [0.5, 0.6) is 0 Å². The van der Waals surface area contributed by atoms with Gasteiger partial charge in [0.05, 0.1) is 0 Å². The van der Waals surface area contributed by atoms with Crippen LogP contribution >= 0.6 is 0 Å². The first-order valence-electron chi connectivity index (χ1n) is 5.72. The molecular weight excluding hydrogens is 176 g/mol. The largest absolute Gasteiger partial charge is 0.431 e. The highest BCUT2D eigenvalue weighted by Crippen LogP contribution is 2.19. The van der Waals surface area contributed by atoms with Gasteiger partial charge in [-0.2, -0.15) is 0 Å². The van der Waals surface area contributed by atoms with Crippen LogP contribution in [-0.2, 0) is 9.53 Å². The summed E-state index contributed by atoms with van der Waals surface area (Å²) in [6.07, 6.45) is 10.3. The van der Waals surface area contributed by atoms with Crippen LogP contribution in [0.4, 0.5) is 0 Å². The van der Waals surface area contributed by atoms with Gasteiger partial charge in [0.1, 0.15) is 5.76 Å². The van der Waals surface area contributed by atoms with Crippen molar-refractivity contribution in [3.63, 3.8) is 0 Å². The van der Waals surface area contributed by atoms with Crippen molar-refractivity contribution in [2.45, 2.75) is 58.3 Å². The number of carbonyl (C=O) groups excluding carboxylic acids is 1. The first kappa shape index (κ1) is 11.3. The Morgan fingerprint density at radius 2 is 2.29 bits per heavy atom. The maximum Gasteiger partial charge on any atom is 0.310 e. The Labute approximate surface area is 86.3 Å².